The topological polar surface area (TPSA) is 63.4 Å². The summed E-state index contributed by atoms with van der Waals surface area (Å²) in [6.45, 7) is 1.53. The number of rotatable bonds is 0. The third kappa shape index (κ3) is 19.6. The Morgan fingerprint density at radius 1 is 1.56 bits per heavy atom. The zero-order chi connectivity index (χ0) is 7.86. The molecule has 4 heteroatoms. The Kier molecular flexibility index (Phi) is 8.36. The van der Waals surface area contributed by atoms with Gasteiger partial charge in [0.1, 0.15) is 0 Å². The summed E-state index contributed by atoms with van der Waals surface area (Å²) in [4.78, 5) is 20.2. The molecule has 0 spiro atoms. The van der Waals surface area contributed by atoms with Gasteiger partial charge in [-0.1, -0.05) is 0 Å². The van der Waals surface area contributed by atoms with Gasteiger partial charge in [0.25, 0.3) is 0 Å². The molecule has 0 aliphatic carbocycles. The summed E-state index contributed by atoms with van der Waals surface area (Å²) in [6.07, 6.45) is 0.250. The number of primary amides is 1. The standard InChI is InChI=1S/C4H9NO.CH3NO/c1-4(6)5(2)3;2-1-3/h1-3H3;1H,(H2,2,3). The number of amides is 2. The molecule has 0 saturated carbocycles. The van der Waals surface area contributed by atoms with E-state index in [1.165, 1.54) is 11.8 Å². The van der Waals surface area contributed by atoms with Crippen LogP contribution in [0.5, 0.6) is 0 Å². The lowest BCUT2D eigenvalue weighted by atomic mass is 10.7. The van der Waals surface area contributed by atoms with Gasteiger partial charge in [-0.3, -0.25) is 9.59 Å². The second-order valence-corrected chi connectivity index (χ2v) is 1.55. The highest BCUT2D eigenvalue weighted by Crippen LogP contribution is 1.69. The van der Waals surface area contributed by atoms with Crippen LogP contribution in [0.1, 0.15) is 6.92 Å². The molecule has 0 aromatic carbocycles. The molecule has 0 saturated heterocycles. The van der Waals surface area contributed by atoms with Gasteiger partial charge in [-0.15, -0.1) is 0 Å². The summed E-state index contributed by atoms with van der Waals surface area (Å²) >= 11 is 0. The molecule has 4 nitrogen and oxygen atoms in total. The third-order valence-corrected chi connectivity index (χ3v) is 0.630. The smallest absolute Gasteiger partial charge is 0.218 e. The number of carbonyl (C=O) groups is 2. The summed E-state index contributed by atoms with van der Waals surface area (Å²) in [5, 5.41) is 0. The van der Waals surface area contributed by atoms with Gasteiger partial charge >= 0.3 is 0 Å². The summed E-state index contributed by atoms with van der Waals surface area (Å²) in [5.74, 6) is 0.0926. The molecule has 54 valence electrons. The number of hydrogen-bond acceptors (Lipinski definition) is 2. The molecule has 0 rings (SSSR count). The van der Waals surface area contributed by atoms with Crippen LogP contribution in [0.2, 0.25) is 0 Å². The lowest BCUT2D eigenvalue weighted by molar-refractivity contribution is -0.126. The van der Waals surface area contributed by atoms with E-state index in [0.29, 0.717) is 0 Å². The molecule has 0 aromatic rings. The molecule has 2 amide bonds. The molecule has 0 radical (unpaired) electrons. The van der Waals surface area contributed by atoms with Gasteiger partial charge < -0.3 is 10.6 Å². The summed E-state index contributed by atoms with van der Waals surface area (Å²) in [6, 6.07) is 0. The first kappa shape index (κ1) is 10.8. The predicted octanol–water partition coefficient (Wildman–Crippen LogP) is -0.804. The molecule has 0 aliphatic heterocycles. The molecule has 0 aliphatic rings. The lowest BCUT2D eigenvalue weighted by Gasteiger charge is -2.02. The van der Waals surface area contributed by atoms with E-state index in [1.54, 1.807) is 14.1 Å². The Bertz CT molecular complexity index is 91.0. The lowest BCUT2D eigenvalue weighted by Crippen LogP contribution is -2.17. The fourth-order valence-electron chi connectivity index (χ4n) is 0. The minimum absolute atomic E-state index is 0.0926. The van der Waals surface area contributed by atoms with E-state index in [1.807, 2.05) is 0 Å². The molecular formula is C5H12N2O2. The Balaban J connectivity index is 0. The first-order chi connectivity index (χ1) is 4.06. The van der Waals surface area contributed by atoms with E-state index in [9.17, 15) is 4.79 Å². The number of hydrogen-bond donors (Lipinski definition) is 1. The molecule has 9 heavy (non-hydrogen) atoms. The van der Waals surface area contributed by atoms with Crippen LogP contribution in [0.4, 0.5) is 0 Å². The second kappa shape index (κ2) is 6.94. The average Bonchev–Trinajstić information content (AvgIpc) is 1.68. The average molecular weight is 132 g/mol. The highest BCUT2D eigenvalue weighted by Gasteiger charge is 1.87. The first-order valence-corrected chi connectivity index (χ1v) is 2.39. The Labute approximate surface area is 54.6 Å². The van der Waals surface area contributed by atoms with Crippen molar-refractivity contribution in [1.82, 2.24) is 4.90 Å². The van der Waals surface area contributed by atoms with E-state index < -0.39 is 0 Å². The first-order valence-electron chi connectivity index (χ1n) is 2.39. The van der Waals surface area contributed by atoms with Crippen molar-refractivity contribution < 1.29 is 9.59 Å². The molecule has 0 heterocycles. The molecule has 2 N–H and O–H groups in total. The quantitative estimate of drug-likeness (QED) is 0.438. The predicted molar refractivity (Wildman–Crippen MR) is 34.6 cm³/mol. The minimum atomic E-state index is 0.0926. The van der Waals surface area contributed by atoms with Crippen molar-refractivity contribution in [2.75, 3.05) is 14.1 Å². The van der Waals surface area contributed by atoms with Crippen molar-refractivity contribution >= 4 is 12.3 Å². The Hall–Kier alpha value is -1.06. The minimum Gasteiger partial charge on any atom is -0.372 e. The maximum atomic E-state index is 10.1. The van der Waals surface area contributed by atoms with Crippen LogP contribution in [0.15, 0.2) is 0 Å². The van der Waals surface area contributed by atoms with Gasteiger partial charge in [-0.25, -0.2) is 0 Å². The maximum Gasteiger partial charge on any atom is 0.218 e. The van der Waals surface area contributed by atoms with Gasteiger partial charge in [0.15, 0.2) is 0 Å². The second-order valence-electron chi connectivity index (χ2n) is 1.55. The molecule has 0 unspecified atom stereocenters. The van der Waals surface area contributed by atoms with E-state index in [-0.39, 0.29) is 12.3 Å². The summed E-state index contributed by atoms with van der Waals surface area (Å²) in [7, 11) is 3.45. The van der Waals surface area contributed by atoms with Crippen molar-refractivity contribution in [2.24, 2.45) is 5.73 Å². The van der Waals surface area contributed by atoms with Crippen LogP contribution in [-0.2, 0) is 9.59 Å². The van der Waals surface area contributed by atoms with Gasteiger partial charge in [0, 0.05) is 21.0 Å². The summed E-state index contributed by atoms with van der Waals surface area (Å²) in [5.41, 5.74) is 4.17. The monoisotopic (exact) mass is 132 g/mol. The molecule has 0 bridgehead atoms. The van der Waals surface area contributed by atoms with E-state index in [2.05, 4.69) is 5.73 Å². The van der Waals surface area contributed by atoms with Crippen LogP contribution in [0, 0.1) is 0 Å². The van der Waals surface area contributed by atoms with Crippen LogP contribution in [-0.4, -0.2) is 31.3 Å². The summed E-state index contributed by atoms with van der Waals surface area (Å²) < 4.78 is 0. The molecule has 0 atom stereocenters. The molecule has 0 fully saturated rings. The number of nitrogens with two attached hydrogens (primary N) is 1. The van der Waals surface area contributed by atoms with Gasteiger partial charge in [-0.2, -0.15) is 0 Å². The van der Waals surface area contributed by atoms with Crippen LogP contribution in [0.25, 0.3) is 0 Å². The maximum absolute atomic E-state index is 10.1. The number of nitrogens with zero attached hydrogens (tertiary/aromatic N) is 1. The van der Waals surface area contributed by atoms with E-state index in [4.69, 9.17) is 4.79 Å². The third-order valence-electron chi connectivity index (χ3n) is 0.630. The zero-order valence-electron chi connectivity index (χ0n) is 5.92. The van der Waals surface area contributed by atoms with Crippen molar-refractivity contribution in [1.29, 1.82) is 0 Å². The fourth-order valence-corrected chi connectivity index (χ4v) is 0. The van der Waals surface area contributed by atoms with Crippen molar-refractivity contribution in [3.63, 3.8) is 0 Å². The molecule has 0 aromatic heterocycles. The van der Waals surface area contributed by atoms with E-state index in [0.717, 1.165) is 0 Å². The SMILES string of the molecule is CC(=O)N(C)C.NC=O. The Morgan fingerprint density at radius 2 is 1.67 bits per heavy atom. The Morgan fingerprint density at radius 3 is 1.67 bits per heavy atom. The van der Waals surface area contributed by atoms with Crippen molar-refractivity contribution in [3.05, 3.63) is 0 Å². The van der Waals surface area contributed by atoms with E-state index >= 15 is 0 Å². The largest absolute Gasteiger partial charge is 0.372 e. The van der Waals surface area contributed by atoms with Gasteiger partial charge in [0.05, 0.1) is 0 Å². The van der Waals surface area contributed by atoms with Gasteiger partial charge in [-0.05, 0) is 0 Å². The fraction of sp³-hybridized carbons (Fsp3) is 0.600. The van der Waals surface area contributed by atoms with Crippen LogP contribution in [0.3, 0.4) is 0 Å². The highest BCUT2D eigenvalue weighted by molar-refractivity contribution is 5.72. The highest BCUT2D eigenvalue weighted by atomic mass is 16.2. The number of carbonyl (C=O) groups excluding carboxylic acids is 2. The zero-order valence-corrected chi connectivity index (χ0v) is 5.92. The van der Waals surface area contributed by atoms with Crippen molar-refractivity contribution in [2.45, 2.75) is 6.92 Å². The van der Waals surface area contributed by atoms with Crippen molar-refractivity contribution in [3.8, 4) is 0 Å². The normalized spacial score (nSPS) is 6.56. The van der Waals surface area contributed by atoms with Gasteiger partial charge in [0.2, 0.25) is 12.3 Å². The molecular weight excluding hydrogens is 120 g/mol. The van der Waals surface area contributed by atoms with Crippen LogP contribution < -0.4 is 5.73 Å². The van der Waals surface area contributed by atoms with Crippen LogP contribution >= 0.6 is 0 Å².